The summed E-state index contributed by atoms with van der Waals surface area (Å²) < 4.78 is 10.0. The van der Waals surface area contributed by atoms with Crippen molar-refractivity contribution in [2.75, 3.05) is 25.4 Å². The largest absolute Gasteiger partial charge is 0.461 e. The number of fused-ring (bicyclic) bond motifs is 3. The van der Waals surface area contributed by atoms with Crippen molar-refractivity contribution < 1.29 is 9.21 Å². The standard InChI is InChI=1S/C24H29N9O3/c1-30-18-20(28-23(25)33-21(18)27-19(29-33)17-7-4-14-36-17)32(24(30)35)13-9-15-5-3-11-31(12-8-15)22(34)16-6-2-10-26-16/h4-5,7,14,16,26H,2-3,6,8-13H2,1H3,(H2,25,28). The summed E-state index contributed by atoms with van der Waals surface area (Å²) in [5.41, 5.74) is 8.76. The van der Waals surface area contributed by atoms with Gasteiger partial charge in [0.05, 0.1) is 12.3 Å². The highest BCUT2D eigenvalue weighted by molar-refractivity contribution is 5.88. The Hall–Kier alpha value is -3.93. The number of hydrogen-bond donors (Lipinski definition) is 2. The molecule has 4 aromatic heterocycles. The fourth-order valence-electron chi connectivity index (χ4n) is 5.24. The lowest BCUT2D eigenvalue weighted by atomic mass is 10.1. The molecule has 0 radical (unpaired) electrons. The van der Waals surface area contributed by atoms with Gasteiger partial charge in [-0.15, -0.1) is 5.10 Å². The molecule has 0 aromatic carbocycles. The van der Waals surface area contributed by atoms with E-state index in [0.29, 0.717) is 47.9 Å². The minimum Gasteiger partial charge on any atom is -0.461 e. The first kappa shape index (κ1) is 22.5. The van der Waals surface area contributed by atoms with Crippen LogP contribution in [0, 0.1) is 0 Å². The fraction of sp³-hybridized carbons (Fsp3) is 0.458. The number of nitrogens with one attached hydrogen (secondary N) is 1. The Morgan fingerprint density at radius 1 is 1.28 bits per heavy atom. The number of anilines is 1. The number of aryl methyl sites for hydroxylation is 2. The summed E-state index contributed by atoms with van der Waals surface area (Å²) in [5.74, 6) is 1.23. The summed E-state index contributed by atoms with van der Waals surface area (Å²) in [6.07, 6.45) is 8.04. The van der Waals surface area contributed by atoms with E-state index in [4.69, 9.17) is 10.2 Å². The summed E-state index contributed by atoms with van der Waals surface area (Å²) in [7, 11) is 1.70. The van der Waals surface area contributed by atoms with Crippen LogP contribution in [0.2, 0.25) is 0 Å². The molecule has 0 saturated carbocycles. The topological polar surface area (TPSA) is 142 Å². The second-order valence-electron chi connectivity index (χ2n) is 9.41. The highest BCUT2D eigenvalue weighted by atomic mass is 16.3. The highest BCUT2D eigenvalue weighted by Crippen LogP contribution is 2.24. The summed E-state index contributed by atoms with van der Waals surface area (Å²) in [4.78, 5) is 37.1. The molecule has 3 N–H and O–H groups in total. The lowest BCUT2D eigenvalue weighted by Gasteiger charge is -2.24. The van der Waals surface area contributed by atoms with E-state index < -0.39 is 0 Å². The summed E-state index contributed by atoms with van der Waals surface area (Å²) in [5, 5.41) is 7.72. The number of carbonyl (C=O) groups is 1. The number of nitrogen functional groups attached to an aromatic ring is 1. The molecule has 0 bridgehead atoms. The molecule has 188 valence electrons. The molecule has 1 atom stereocenters. The molecule has 6 heterocycles. The van der Waals surface area contributed by atoms with Crippen LogP contribution in [0.3, 0.4) is 0 Å². The van der Waals surface area contributed by atoms with Gasteiger partial charge in [-0.2, -0.15) is 9.50 Å². The number of hydrogen-bond acceptors (Lipinski definition) is 8. The van der Waals surface area contributed by atoms with Gasteiger partial charge in [0.2, 0.25) is 17.7 Å². The Morgan fingerprint density at radius 3 is 2.94 bits per heavy atom. The van der Waals surface area contributed by atoms with E-state index in [2.05, 4.69) is 26.5 Å². The zero-order valence-electron chi connectivity index (χ0n) is 20.2. The Labute approximate surface area is 206 Å². The minimum absolute atomic E-state index is 0.0420. The van der Waals surface area contributed by atoms with E-state index in [0.717, 1.165) is 38.8 Å². The molecule has 12 heteroatoms. The van der Waals surface area contributed by atoms with Crippen LogP contribution in [0.4, 0.5) is 5.95 Å². The molecule has 1 saturated heterocycles. The number of amides is 1. The third kappa shape index (κ3) is 3.77. The van der Waals surface area contributed by atoms with Crippen molar-refractivity contribution in [2.45, 2.75) is 44.7 Å². The van der Waals surface area contributed by atoms with Gasteiger partial charge >= 0.3 is 5.69 Å². The number of aromatic nitrogens is 6. The van der Waals surface area contributed by atoms with Crippen molar-refractivity contribution in [2.24, 2.45) is 7.05 Å². The molecular formula is C24H29N9O3. The van der Waals surface area contributed by atoms with Gasteiger partial charge in [0.15, 0.2) is 17.1 Å². The summed E-state index contributed by atoms with van der Waals surface area (Å²) in [6.45, 7) is 2.81. The SMILES string of the molecule is Cn1c(=O)n(CCC2=CCCN(C(=O)C3CCCN3)CC2)c2nc(N)n3nc(-c4ccco4)nc3c21. The van der Waals surface area contributed by atoms with E-state index >= 15 is 0 Å². The van der Waals surface area contributed by atoms with Crippen molar-refractivity contribution in [3.8, 4) is 11.6 Å². The van der Waals surface area contributed by atoms with Crippen LogP contribution in [0.1, 0.15) is 32.1 Å². The van der Waals surface area contributed by atoms with Crippen LogP contribution in [0.5, 0.6) is 0 Å². The second kappa shape index (κ2) is 8.94. The Bertz CT molecular complexity index is 1520. The molecule has 2 aliphatic rings. The average molecular weight is 492 g/mol. The van der Waals surface area contributed by atoms with Crippen molar-refractivity contribution in [1.82, 2.24) is 38.9 Å². The molecule has 0 spiro atoms. The third-order valence-corrected chi connectivity index (χ3v) is 7.18. The predicted molar refractivity (Wildman–Crippen MR) is 133 cm³/mol. The van der Waals surface area contributed by atoms with E-state index in [-0.39, 0.29) is 23.6 Å². The second-order valence-corrected chi connectivity index (χ2v) is 9.41. The number of rotatable bonds is 5. The van der Waals surface area contributed by atoms with E-state index in [9.17, 15) is 9.59 Å². The van der Waals surface area contributed by atoms with E-state index in [1.54, 1.807) is 30.0 Å². The van der Waals surface area contributed by atoms with Gasteiger partial charge in [0, 0.05) is 26.7 Å². The fourth-order valence-corrected chi connectivity index (χ4v) is 5.24. The third-order valence-electron chi connectivity index (χ3n) is 7.18. The number of imidazole rings is 1. The van der Waals surface area contributed by atoms with Gasteiger partial charge in [-0.1, -0.05) is 11.6 Å². The normalized spacial score (nSPS) is 18.8. The van der Waals surface area contributed by atoms with E-state index in [1.807, 2.05) is 4.90 Å². The highest BCUT2D eigenvalue weighted by Gasteiger charge is 2.27. The Balaban J connectivity index is 1.24. The van der Waals surface area contributed by atoms with Gasteiger partial charge in [-0.3, -0.25) is 13.9 Å². The molecule has 1 unspecified atom stereocenters. The number of nitrogens with zero attached hydrogens (tertiary/aromatic N) is 7. The zero-order valence-corrected chi connectivity index (χ0v) is 20.2. The van der Waals surface area contributed by atoms with Crippen molar-refractivity contribution in [3.05, 3.63) is 40.5 Å². The van der Waals surface area contributed by atoms with Crippen molar-refractivity contribution in [3.63, 3.8) is 0 Å². The maximum atomic E-state index is 13.2. The maximum Gasteiger partial charge on any atom is 0.330 e. The first-order valence-electron chi connectivity index (χ1n) is 12.4. The zero-order chi connectivity index (χ0) is 24.8. The van der Waals surface area contributed by atoms with Crippen LogP contribution in [0.25, 0.3) is 28.4 Å². The van der Waals surface area contributed by atoms with Gasteiger partial charge in [0.25, 0.3) is 0 Å². The number of furan rings is 1. The molecule has 2 aliphatic heterocycles. The average Bonchev–Trinajstić information content (AvgIpc) is 3.66. The Morgan fingerprint density at radius 2 is 2.17 bits per heavy atom. The van der Waals surface area contributed by atoms with Crippen LogP contribution >= 0.6 is 0 Å². The van der Waals surface area contributed by atoms with Crippen LogP contribution in [0.15, 0.2) is 39.3 Å². The molecule has 12 nitrogen and oxygen atoms in total. The van der Waals surface area contributed by atoms with E-state index in [1.165, 1.54) is 14.7 Å². The molecule has 1 fully saturated rings. The first-order valence-corrected chi connectivity index (χ1v) is 12.4. The quantitative estimate of drug-likeness (QED) is 0.398. The van der Waals surface area contributed by atoms with Gasteiger partial charge in [-0.05, 0) is 50.8 Å². The first-order chi connectivity index (χ1) is 17.5. The summed E-state index contributed by atoms with van der Waals surface area (Å²) in [6, 6.07) is 3.48. The monoisotopic (exact) mass is 491 g/mol. The predicted octanol–water partition coefficient (Wildman–Crippen LogP) is 1.31. The number of nitrogens with two attached hydrogens (primary N) is 1. The smallest absolute Gasteiger partial charge is 0.330 e. The van der Waals surface area contributed by atoms with Crippen LogP contribution in [-0.4, -0.2) is 65.2 Å². The van der Waals surface area contributed by atoms with Crippen LogP contribution in [-0.2, 0) is 18.4 Å². The molecule has 1 amide bonds. The van der Waals surface area contributed by atoms with Gasteiger partial charge in [0.1, 0.15) is 5.52 Å². The molecule has 4 aromatic rings. The molecule has 36 heavy (non-hydrogen) atoms. The minimum atomic E-state index is -0.189. The molecular weight excluding hydrogens is 462 g/mol. The maximum absolute atomic E-state index is 13.2. The van der Waals surface area contributed by atoms with Gasteiger partial charge in [-0.25, -0.2) is 9.78 Å². The number of carbonyl (C=O) groups excluding carboxylic acids is 1. The summed E-state index contributed by atoms with van der Waals surface area (Å²) >= 11 is 0. The van der Waals surface area contributed by atoms with Crippen molar-refractivity contribution >= 4 is 28.7 Å². The lowest BCUT2D eigenvalue weighted by molar-refractivity contribution is -0.132. The molecule has 0 aliphatic carbocycles. The van der Waals surface area contributed by atoms with Crippen molar-refractivity contribution in [1.29, 1.82) is 0 Å². The lowest BCUT2D eigenvalue weighted by Crippen LogP contribution is -2.44. The van der Waals surface area contributed by atoms with Crippen LogP contribution < -0.4 is 16.7 Å². The Kier molecular flexibility index (Phi) is 5.59. The van der Waals surface area contributed by atoms with Gasteiger partial charge < -0.3 is 20.4 Å². The molecule has 6 rings (SSSR count).